The van der Waals surface area contributed by atoms with Crippen molar-refractivity contribution in [2.75, 3.05) is 39.3 Å². The Balaban J connectivity index is 1.34. The molecule has 154 valence electrons. The van der Waals surface area contributed by atoms with Gasteiger partial charge in [0.15, 0.2) is 0 Å². The van der Waals surface area contributed by atoms with Gasteiger partial charge in [-0.2, -0.15) is 0 Å². The summed E-state index contributed by atoms with van der Waals surface area (Å²) in [6.45, 7) is 7.25. The van der Waals surface area contributed by atoms with Crippen molar-refractivity contribution in [3.05, 3.63) is 0 Å². The van der Waals surface area contributed by atoms with E-state index in [1.54, 1.807) is 0 Å². The number of hydrogen-bond donors (Lipinski definition) is 1. The first-order valence-electron chi connectivity index (χ1n) is 11.4. The van der Waals surface area contributed by atoms with E-state index in [0.29, 0.717) is 56.8 Å². The van der Waals surface area contributed by atoms with E-state index in [-0.39, 0.29) is 5.91 Å². The minimum absolute atomic E-state index is 0.280. The van der Waals surface area contributed by atoms with Crippen LogP contribution >= 0.6 is 0 Å². The molecule has 2 unspecified atom stereocenters. The van der Waals surface area contributed by atoms with Gasteiger partial charge in [0, 0.05) is 39.0 Å². The maximum Gasteiger partial charge on any atom is 0.222 e. The van der Waals surface area contributed by atoms with Gasteiger partial charge in [0.1, 0.15) is 0 Å². The Morgan fingerprint density at radius 2 is 1.59 bits per heavy atom. The molecule has 1 aliphatic carbocycles. The molecule has 2 heterocycles. The molecule has 2 atom stereocenters. The van der Waals surface area contributed by atoms with Crippen molar-refractivity contribution in [2.24, 2.45) is 17.8 Å². The number of hydrogen-bond acceptors (Lipinski definition) is 3. The second kappa shape index (κ2) is 10.4. The SMILES string of the molecule is CC(CC(=O)N1CCN(C(=O)CCC2CCCCC2)CC1)C1CCCNC1. The molecule has 0 aromatic heterocycles. The minimum atomic E-state index is 0.280. The molecule has 2 aliphatic heterocycles. The number of rotatable bonds is 6. The van der Waals surface area contributed by atoms with Crippen LogP contribution in [0.5, 0.6) is 0 Å². The van der Waals surface area contributed by atoms with Crippen molar-refractivity contribution >= 4 is 11.8 Å². The highest BCUT2D eigenvalue weighted by Crippen LogP contribution is 2.28. The van der Waals surface area contributed by atoms with E-state index in [1.165, 1.54) is 44.9 Å². The molecule has 3 fully saturated rings. The molecule has 0 aromatic carbocycles. The molecule has 3 aliphatic rings. The quantitative estimate of drug-likeness (QED) is 0.774. The number of piperidine rings is 1. The van der Waals surface area contributed by atoms with Crippen LogP contribution in [0.1, 0.15) is 71.1 Å². The van der Waals surface area contributed by atoms with Gasteiger partial charge in [-0.25, -0.2) is 0 Å². The molecule has 5 heteroatoms. The largest absolute Gasteiger partial charge is 0.339 e. The van der Waals surface area contributed by atoms with E-state index in [9.17, 15) is 9.59 Å². The molecule has 27 heavy (non-hydrogen) atoms. The molecule has 2 saturated heterocycles. The van der Waals surface area contributed by atoms with Crippen LogP contribution in [-0.2, 0) is 9.59 Å². The second-order valence-corrected chi connectivity index (χ2v) is 9.09. The molecular formula is C22H39N3O2. The lowest BCUT2D eigenvalue weighted by molar-refractivity contribution is -0.140. The Hall–Kier alpha value is -1.10. The van der Waals surface area contributed by atoms with Crippen LogP contribution in [0.25, 0.3) is 0 Å². The summed E-state index contributed by atoms with van der Waals surface area (Å²) in [6, 6.07) is 0. The summed E-state index contributed by atoms with van der Waals surface area (Å²) in [5.74, 6) is 2.42. The van der Waals surface area contributed by atoms with Gasteiger partial charge in [-0.15, -0.1) is 0 Å². The first-order chi connectivity index (χ1) is 13.1. The number of nitrogens with zero attached hydrogens (tertiary/aromatic N) is 2. The number of carbonyl (C=O) groups is 2. The summed E-state index contributed by atoms with van der Waals surface area (Å²) in [5, 5.41) is 3.45. The zero-order valence-corrected chi connectivity index (χ0v) is 17.3. The second-order valence-electron chi connectivity index (χ2n) is 9.09. The maximum atomic E-state index is 12.7. The third-order valence-corrected chi connectivity index (χ3v) is 7.11. The van der Waals surface area contributed by atoms with E-state index in [1.807, 2.05) is 9.80 Å². The Bertz CT molecular complexity index is 476. The fourth-order valence-corrected chi connectivity index (χ4v) is 5.10. The average Bonchev–Trinajstić information content (AvgIpc) is 2.73. The van der Waals surface area contributed by atoms with Gasteiger partial charge in [0.05, 0.1) is 0 Å². The van der Waals surface area contributed by atoms with Crippen LogP contribution in [0.2, 0.25) is 0 Å². The fraction of sp³-hybridized carbons (Fsp3) is 0.909. The van der Waals surface area contributed by atoms with Crippen LogP contribution in [0.15, 0.2) is 0 Å². The topological polar surface area (TPSA) is 52.7 Å². The lowest BCUT2D eigenvalue weighted by Gasteiger charge is -2.36. The molecule has 0 spiro atoms. The first-order valence-corrected chi connectivity index (χ1v) is 11.4. The van der Waals surface area contributed by atoms with Crippen molar-refractivity contribution in [3.63, 3.8) is 0 Å². The summed E-state index contributed by atoms with van der Waals surface area (Å²) in [4.78, 5) is 29.2. The molecular weight excluding hydrogens is 338 g/mol. The highest BCUT2D eigenvalue weighted by molar-refractivity contribution is 5.78. The number of amides is 2. The van der Waals surface area contributed by atoms with Crippen LogP contribution < -0.4 is 5.32 Å². The predicted molar refractivity (Wildman–Crippen MR) is 108 cm³/mol. The minimum Gasteiger partial charge on any atom is -0.339 e. The van der Waals surface area contributed by atoms with Gasteiger partial charge in [-0.3, -0.25) is 9.59 Å². The molecule has 0 radical (unpaired) electrons. The highest BCUT2D eigenvalue weighted by atomic mass is 16.2. The van der Waals surface area contributed by atoms with E-state index >= 15 is 0 Å². The molecule has 1 saturated carbocycles. The number of carbonyl (C=O) groups excluding carboxylic acids is 2. The maximum absolute atomic E-state index is 12.7. The Labute approximate surface area is 165 Å². The van der Waals surface area contributed by atoms with Gasteiger partial charge < -0.3 is 15.1 Å². The predicted octanol–water partition coefficient (Wildman–Crippen LogP) is 3.04. The Morgan fingerprint density at radius 1 is 0.926 bits per heavy atom. The molecule has 0 bridgehead atoms. The number of piperazine rings is 1. The van der Waals surface area contributed by atoms with E-state index in [4.69, 9.17) is 0 Å². The summed E-state index contributed by atoms with van der Waals surface area (Å²) in [7, 11) is 0. The average molecular weight is 378 g/mol. The van der Waals surface area contributed by atoms with Crippen LogP contribution in [0.3, 0.4) is 0 Å². The van der Waals surface area contributed by atoms with E-state index in [2.05, 4.69) is 12.2 Å². The van der Waals surface area contributed by atoms with Gasteiger partial charge in [-0.05, 0) is 50.1 Å². The molecule has 2 amide bonds. The van der Waals surface area contributed by atoms with Gasteiger partial charge in [-0.1, -0.05) is 39.0 Å². The zero-order chi connectivity index (χ0) is 19.1. The molecule has 5 nitrogen and oxygen atoms in total. The van der Waals surface area contributed by atoms with Crippen molar-refractivity contribution in [3.8, 4) is 0 Å². The van der Waals surface area contributed by atoms with Gasteiger partial charge >= 0.3 is 0 Å². The lowest BCUT2D eigenvalue weighted by atomic mass is 9.85. The monoisotopic (exact) mass is 377 g/mol. The lowest BCUT2D eigenvalue weighted by Crippen LogP contribution is -2.51. The van der Waals surface area contributed by atoms with Crippen molar-refractivity contribution < 1.29 is 9.59 Å². The fourth-order valence-electron chi connectivity index (χ4n) is 5.10. The van der Waals surface area contributed by atoms with E-state index < -0.39 is 0 Å². The van der Waals surface area contributed by atoms with Gasteiger partial charge in [0.2, 0.25) is 11.8 Å². The standard InChI is InChI=1S/C22H39N3O2/c1-18(20-8-5-11-23-17-20)16-22(27)25-14-12-24(13-15-25)21(26)10-9-19-6-3-2-4-7-19/h18-20,23H,2-17H2,1H3. The van der Waals surface area contributed by atoms with Crippen molar-refractivity contribution in [2.45, 2.75) is 71.1 Å². The van der Waals surface area contributed by atoms with Crippen LogP contribution in [-0.4, -0.2) is 60.9 Å². The molecule has 1 N–H and O–H groups in total. The van der Waals surface area contributed by atoms with Crippen molar-refractivity contribution in [1.29, 1.82) is 0 Å². The van der Waals surface area contributed by atoms with Crippen molar-refractivity contribution in [1.82, 2.24) is 15.1 Å². The Morgan fingerprint density at radius 3 is 2.22 bits per heavy atom. The summed E-state index contributed by atoms with van der Waals surface area (Å²) < 4.78 is 0. The molecule has 0 aromatic rings. The first kappa shape index (κ1) is 20.6. The van der Waals surface area contributed by atoms with E-state index in [0.717, 1.165) is 25.4 Å². The molecule has 3 rings (SSSR count). The summed E-state index contributed by atoms with van der Waals surface area (Å²) in [6.07, 6.45) is 11.6. The highest BCUT2D eigenvalue weighted by Gasteiger charge is 2.28. The van der Waals surface area contributed by atoms with Gasteiger partial charge in [0.25, 0.3) is 0 Å². The summed E-state index contributed by atoms with van der Waals surface area (Å²) >= 11 is 0. The van der Waals surface area contributed by atoms with Crippen LogP contribution in [0, 0.1) is 17.8 Å². The zero-order valence-electron chi connectivity index (χ0n) is 17.3. The Kier molecular flexibility index (Phi) is 7.98. The smallest absolute Gasteiger partial charge is 0.222 e. The summed E-state index contributed by atoms with van der Waals surface area (Å²) in [5.41, 5.74) is 0. The third kappa shape index (κ3) is 6.20. The third-order valence-electron chi connectivity index (χ3n) is 7.11. The number of nitrogens with one attached hydrogen (secondary N) is 1. The van der Waals surface area contributed by atoms with Crippen LogP contribution in [0.4, 0.5) is 0 Å². The normalized spacial score (nSPS) is 26.0.